The number of rotatable bonds is 5. The van der Waals surface area contributed by atoms with E-state index in [2.05, 4.69) is 20.8 Å². The lowest BCUT2D eigenvalue weighted by Gasteiger charge is -2.41. The van der Waals surface area contributed by atoms with Crippen LogP contribution in [0.15, 0.2) is 0 Å². The Labute approximate surface area is 98.8 Å². The van der Waals surface area contributed by atoms with E-state index in [-0.39, 0.29) is 6.10 Å². The van der Waals surface area contributed by atoms with Crippen molar-refractivity contribution < 1.29 is 14.9 Å². The zero-order valence-electron chi connectivity index (χ0n) is 10.5. The van der Waals surface area contributed by atoms with Crippen molar-refractivity contribution in [3.05, 3.63) is 13.2 Å². The Kier molecular flexibility index (Phi) is 5.22. The van der Waals surface area contributed by atoms with Crippen molar-refractivity contribution in [3.63, 3.8) is 0 Å². The van der Waals surface area contributed by atoms with Crippen molar-refractivity contribution in [2.75, 3.05) is 0 Å². The van der Waals surface area contributed by atoms with Gasteiger partial charge >= 0.3 is 0 Å². The molecule has 1 saturated carbocycles. The molecule has 0 aromatic carbocycles. The minimum atomic E-state index is -0.979. The molecule has 0 saturated heterocycles. The quantitative estimate of drug-likeness (QED) is 0.760. The number of ether oxygens (including phenoxy) is 1. The molecule has 3 unspecified atom stereocenters. The summed E-state index contributed by atoms with van der Waals surface area (Å²) in [5.41, 5.74) is 0.338. The maximum Gasteiger partial charge on any atom is 0.115 e. The Balaban J connectivity index is 2.39. The molecule has 1 rings (SSSR count). The topological polar surface area (TPSA) is 49.7 Å². The van der Waals surface area contributed by atoms with Gasteiger partial charge in [-0.25, -0.2) is 0 Å². The van der Waals surface area contributed by atoms with Crippen LogP contribution >= 0.6 is 0 Å². The van der Waals surface area contributed by atoms with Gasteiger partial charge in [-0.15, -0.1) is 0 Å². The lowest BCUT2D eigenvalue weighted by Crippen LogP contribution is -2.34. The predicted octanol–water partition coefficient (Wildman–Crippen LogP) is 2.66. The van der Waals surface area contributed by atoms with Gasteiger partial charge in [-0.05, 0) is 30.6 Å². The highest BCUT2D eigenvalue weighted by Gasteiger charge is 2.35. The first-order chi connectivity index (χ1) is 7.48. The third-order valence-corrected chi connectivity index (χ3v) is 3.92. The molecule has 0 aromatic rings. The van der Waals surface area contributed by atoms with Crippen LogP contribution in [0, 0.1) is 24.5 Å². The van der Waals surface area contributed by atoms with Gasteiger partial charge in [-0.2, -0.15) is 0 Å². The van der Waals surface area contributed by atoms with E-state index in [0.29, 0.717) is 11.3 Å². The molecule has 0 spiro atoms. The summed E-state index contributed by atoms with van der Waals surface area (Å²) in [7, 11) is 0. The molecule has 2 N–H and O–H groups in total. The lowest BCUT2D eigenvalue weighted by atomic mass is 9.67. The Hall–Kier alpha value is -0.120. The lowest BCUT2D eigenvalue weighted by molar-refractivity contribution is -0.0222. The summed E-state index contributed by atoms with van der Waals surface area (Å²) in [6.45, 7) is 8.86. The number of hydrogen-bond donors (Lipinski definition) is 2. The summed E-state index contributed by atoms with van der Waals surface area (Å²) >= 11 is 0. The van der Waals surface area contributed by atoms with Crippen LogP contribution in [0.4, 0.5) is 0 Å². The maximum absolute atomic E-state index is 9.14. The van der Waals surface area contributed by atoms with Gasteiger partial charge in [-0.1, -0.05) is 27.2 Å². The third-order valence-electron chi connectivity index (χ3n) is 3.92. The summed E-state index contributed by atoms with van der Waals surface area (Å²) in [6, 6.07) is 0. The summed E-state index contributed by atoms with van der Waals surface area (Å²) < 4.78 is 5.51. The smallest absolute Gasteiger partial charge is 0.115 e. The molecule has 1 aliphatic rings. The van der Waals surface area contributed by atoms with Crippen LogP contribution in [-0.4, -0.2) is 22.4 Å². The van der Waals surface area contributed by atoms with E-state index in [1.807, 2.05) is 0 Å². The van der Waals surface area contributed by atoms with E-state index < -0.39 is 6.10 Å². The van der Waals surface area contributed by atoms with Crippen LogP contribution in [0.5, 0.6) is 0 Å². The number of hydrogen-bond acceptors (Lipinski definition) is 3. The molecular formula is C13H24O3. The molecule has 94 valence electrons. The number of aliphatic hydroxyl groups is 2. The summed E-state index contributed by atoms with van der Waals surface area (Å²) in [6.07, 6.45) is 3.68. The molecule has 1 aliphatic carbocycles. The van der Waals surface area contributed by atoms with Crippen molar-refractivity contribution in [2.24, 2.45) is 11.3 Å². The van der Waals surface area contributed by atoms with Crippen molar-refractivity contribution in [3.8, 4) is 0 Å². The second-order valence-electron chi connectivity index (χ2n) is 5.44. The Morgan fingerprint density at radius 3 is 2.69 bits per heavy atom. The van der Waals surface area contributed by atoms with Crippen LogP contribution < -0.4 is 0 Å². The zero-order valence-corrected chi connectivity index (χ0v) is 10.5. The monoisotopic (exact) mass is 228 g/mol. The molecule has 1 fully saturated rings. The summed E-state index contributed by atoms with van der Waals surface area (Å²) in [4.78, 5) is 0. The molecule has 0 bridgehead atoms. The molecule has 3 nitrogen and oxygen atoms in total. The fourth-order valence-electron chi connectivity index (χ4n) is 2.33. The van der Waals surface area contributed by atoms with Gasteiger partial charge in [0.15, 0.2) is 0 Å². The molecule has 2 radical (unpaired) electrons. The molecular weight excluding hydrogens is 204 g/mol. The third kappa shape index (κ3) is 3.72. The predicted molar refractivity (Wildman–Crippen MR) is 62.8 cm³/mol. The largest absolute Gasteiger partial charge is 0.387 e. The van der Waals surface area contributed by atoms with Gasteiger partial charge < -0.3 is 14.9 Å². The Morgan fingerprint density at radius 1 is 1.44 bits per heavy atom. The zero-order chi connectivity index (χ0) is 12.2. The van der Waals surface area contributed by atoms with E-state index in [9.17, 15) is 0 Å². The van der Waals surface area contributed by atoms with Gasteiger partial charge in [0.25, 0.3) is 0 Å². The van der Waals surface area contributed by atoms with Crippen LogP contribution in [0.2, 0.25) is 0 Å². The van der Waals surface area contributed by atoms with Gasteiger partial charge in [-0.3, -0.25) is 0 Å². The molecule has 3 heteroatoms. The molecule has 0 heterocycles. The van der Waals surface area contributed by atoms with E-state index >= 15 is 0 Å². The van der Waals surface area contributed by atoms with Crippen molar-refractivity contribution in [2.45, 2.75) is 58.7 Å². The van der Waals surface area contributed by atoms with Gasteiger partial charge in [0.2, 0.25) is 0 Å². The number of aliphatic hydroxyl groups excluding tert-OH is 2. The van der Waals surface area contributed by atoms with Gasteiger partial charge in [0, 0.05) is 0 Å². The van der Waals surface area contributed by atoms with E-state index in [1.54, 1.807) is 0 Å². The van der Waals surface area contributed by atoms with Crippen LogP contribution in [0.25, 0.3) is 0 Å². The maximum atomic E-state index is 9.14. The van der Waals surface area contributed by atoms with E-state index in [1.165, 1.54) is 19.4 Å². The molecule has 3 atom stereocenters. The summed E-state index contributed by atoms with van der Waals surface area (Å²) in [5.74, 6) is 0.647. The van der Waals surface area contributed by atoms with Gasteiger partial charge in [0.05, 0.1) is 6.10 Å². The summed E-state index contributed by atoms with van der Waals surface area (Å²) in [5, 5.41) is 17.7. The van der Waals surface area contributed by atoms with Crippen molar-refractivity contribution in [1.82, 2.24) is 0 Å². The molecule has 0 amide bonds. The highest BCUT2D eigenvalue weighted by atomic mass is 16.5. The minimum absolute atomic E-state index is 0.177. The van der Waals surface area contributed by atoms with Crippen molar-refractivity contribution in [1.29, 1.82) is 0 Å². The van der Waals surface area contributed by atoms with Crippen molar-refractivity contribution >= 4 is 0 Å². The fourth-order valence-corrected chi connectivity index (χ4v) is 2.33. The van der Waals surface area contributed by atoms with Crippen LogP contribution in [-0.2, 0) is 4.74 Å². The van der Waals surface area contributed by atoms with E-state index in [4.69, 9.17) is 14.9 Å². The first kappa shape index (κ1) is 13.9. The standard InChI is InChI=1S/C13H24O3/c1-10(2)13(3)6-4-5-12(7-13)16-9-11(15)8-14/h8-12,14-15H,4-7H2,1-3H3. The minimum Gasteiger partial charge on any atom is -0.387 e. The second-order valence-corrected chi connectivity index (χ2v) is 5.44. The van der Waals surface area contributed by atoms with E-state index in [0.717, 1.165) is 19.4 Å². The Morgan fingerprint density at radius 2 is 2.12 bits per heavy atom. The first-order valence-corrected chi connectivity index (χ1v) is 6.12. The average Bonchev–Trinajstić information content (AvgIpc) is 2.26. The average molecular weight is 228 g/mol. The highest BCUT2D eigenvalue weighted by Crippen LogP contribution is 2.42. The fraction of sp³-hybridized carbons (Fsp3) is 0.846. The van der Waals surface area contributed by atoms with Gasteiger partial charge in [0.1, 0.15) is 19.3 Å². The molecule has 16 heavy (non-hydrogen) atoms. The van der Waals surface area contributed by atoms with Crippen LogP contribution in [0.1, 0.15) is 46.5 Å². The Bertz CT molecular complexity index is 205. The van der Waals surface area contributed by atoms with Crippen LogP contribution in [0.3, 0.4) is 0 Å². The first-order valence-electron chi connectivity index (χ1n) is 6.12. The normalized spacial score (nSPS) is 33.0. The molecule has 0 aliphatic heterocycles. The SMILES string of the molecule is CC(C)C1(C)CCCC(O[CH]C(O)[CH]O)C1. The highest BCUT2D eigenvalue weighted by molar-refractivity contribution is 4.87. The molecule has 0 aromatic heterocycles. The second kappa shape index (κ2) is 5.99.